The monoisotopic (exact) mass is 344 g/mol. The number of nitrogens with zero attached hydrogens (tertiary/aromatic N) is 3. The molecule has 0 saturated carbocycles. The third kappa shape index (κ3) is 4.17. The van der Waals surface area contributed by atoms with Crippen molar-refractivity contribution in [2.24, 2.45) is 0 Å². The molecule has 2 amide bonds. The van der Waals surface area contributed by atoms with Crippen LogP contribution in [-0.4, -0.2) is 39.3 Å². The molecule has 7 heteroatoms. The standard InChI is InChI=1S/C18H24N4O3/c1-13-20-17(25-21-13)12-19-18(24)22(10-5-11-23)16-9-4-7-14-6-2-3-8-15(14)16/h2-3,6,8,16,23H,4-5,7,9-12H2,1H3,(H,19,24). The van der Waals surface area contributed by atoms with Crippen LogP contribution in [0.25, 0.3) is 0 Å². The lowest BCUT2D eigenvalue weighted by Gasteiger charge is -2.36. The smallest absolute Gasteiger partial charge is 0.318 e. The highest BCUT2D eigenvalue weighted by atomic mass is 16.5. The molecule has 0 aliphatic heterocycles. The van der Waals surface area contributed by atoms with E-state index in [0.29, 0.717) is 24.7 Å². The van der Waals surface area contributed by atoms with Crippen LogP contribution in [-0.2, 0) is 13.0 Å². The van der Waals surface area contributed by atoms with E-state index in [-0.39, 0.29) is 25.2 Å². The van der Waals surface area contributed by atoms with Crippen molar-refractivity contribution in [2.45, 2.75) is 45.2 Å². The van der Waals surface area contributed by atoms with Crippen LogP contribution >= 0.6 is 0 Å². The molecule has 2 aromatic rings. The number of aliphatic hydroxyl groups excluding tert-OH is 1. The Morgan fingerprint density at radius 3 is 3.04 bits per heavy atom. The molecule has 1 unspecified atom stereocenters. The average Bonchev–Trinajstić information content (AvgIpc) is 3.05. The molecule has 2 N–H and O–H groups in total. The maximum atomic E-state index is 12.8. The fourth-order valence-corrected chi connectivity index (χ4v) is 3.36. The van der Waals surface area contributed by atoms with Gasteiger partial charge in [0, 0.05) is 13.2 Å². The number of amides is 2. The van der Waals surface area contributed by atoms with Crippen molar-refractivity contribution in [3.8, 4) is 0 Å². The van der Waals surface area contributed by atoms with Gasteiger partial charge in [-0.05, 0) is 43.7 Å². The molecule has 0 spiro atoms. The van der Waals surface area contributed by atoms with Crippen molar-refractivity contribution < 1.29 is 14.4 Å². The highest BCUT2D eigenvalue weighted by Crippen LogP contribution is 2.34. The summed E-state index contributed by atoms with van der Waals surface area (Å²) in [6.07, 6.45) is 3.57. The fourth-order valence-electron chi connectivity index (χ4n) is 3.36. The van der Waals surface area contributed by atoms with E-state index in [0.717, 1.165) is 19.3 Å². The Balaban J connectivity index is 1.74. The lowest BCUT2D eigenvalue weighted by molar-refractivity contribution is 0.156. The molecule has 1 heterocycles. The predicted octanol–water partition coefficient (Wildman–Crippen LogP) is 2.35. The van der Waals surface area contributed by atoms with E-state index in [4.69, 9.17) is 4.52 Å². The van der Waals surface area contributed by atoms with E-state index in [2.05, 4.69) is 27.6 Å². The van der Waals surface area contributed by atoms with Gasteiger partial charge in [-0.3, -0.25) is 0 Å². The van der Waals surface area contributed by atoms with Gasteiger partial charge in [0.15, 0.2) is 5.82 Å². The number of aliphatic hydroxyl groups is 1. The van der Waals surface area contributed by atoms with Crippen LogP contribution in [0, 0.1) is 6.92 Å². The third-order valence-electron chi connectivity index (χ3n) is 4.49. The van der Waals surface area contributed by atoms with E-state index in [1.807, 2.05) is 17.0 Å². The van der Waals surface area contributed by atoms with Gasteiger partial charge in [-0.2, -0.15) is 4.98 Å². The topological polar surface area (TPSA) is 91.5 Å². The number of benzene rings is 1. The number of urea groups is 1. The summed E-state index contributed by atoms with van der Waals surface area (Å²) >= 11 is 0. The van der Waals surface area contributed by atoms with Gasteiger partial charge in [-0.25, -0.2) is 4.79 Å². The highest BCUT2D eigenvalue weighted by Gasteiger charge is 2.28. The molecule has 0 saturated heterocycles. The van der Waals surface area contributed by atoms with Crippen LogP contribution in [0.2, 0.25) is 0 Å². The van der Waals surface area contributed by atoms with Crippen molar-refractivity contribution in [3.05, 3.63) is 47.1 Å². The van der Waals surface area contributed by atoms with Gasteiger partial charge in [0.05, 0.1) is 12.6 Å². The van der Waals surface area contributed by atoms with Crippen LogP contribution in [0.3, 0.4) is 0 Å². The number of carbonyl (C=O) groups is 1. The summed E-state index contributed by atoms with van der Waals surface area (Å²) in [4.78, 5) is 18.7. The minimum atomic E-state index is -0.175. The highest BCUT2D eigenvalue weighted by molar-refractivity contribution is 5.74. The van der Waals surface area contributed by atoms with Gasteiger partial charge in [0.25, 0.3) is 0 Å². The molecule has 1 aromatic carbocycles. The first-order valence-corrected chi connectivity index (χ1v) is 8.71. The SMILES string of the molecule is Cc1noc(CNC(=O)N(CCCO)C2CCCc3ccccc32)n1. The van der Waals surface area contributed by atoms with E-state index < -0.39 is 0 Å². The van der Waals surface area contributed by atoms with E-state index >= 15 is 0 Å². The summed E-state index contributed by atoms with van der Waals surface area (Å²) in [5.74, 6) is 0.930. The molecule has 1 atom stereocenters. The quantitative estimate of drug-likeness (QED) is 0.839. The van der Waals surface area contributed by atoms with Crippen molar-refractivity contribution in [1.29, 1.82) is 0 Å². The molecule has 0 radical (unpaired) electrons. The Labute approximate surface area is 147 Å². The first kappa shape index (κ1) is 17.4. The zero-order chi connectivity index (χ0) is 17.6. The van der Waals surface area contributed by atoms with Crippen LogP contribution < -0.4 is 5.32 Å². The van der Waals surface area contributed by atoms with Crippen molar-refractivity contribution in [3.63, 3.8) is 0 Å². The van der Waals surface area contributed by atoms with Gasteiger partial charge in [0.1, 0.15) is 0 Å². The van der Waals surface area contributed by atoms with E-state index in [9.17, 15) is 9.90 Å². The second-order valence-corrected chi connectivity index (χ2v) is 6.27. The molecule has 0 fully saturated rings. The van der Waals surface area contributed by atoms with Crippen molar-refractivity contribution in [2.75, 3.05) is 13.2 Å². The average molecular weight is 344 g/mol. The summed E-state index contributed by atoms with van der Waals surface area (Å²) < 4.78 is 5.04. The van der Waals surface area contributed by atoms with Crippen LogP contribution in [0.1, 0.15) is 48.1 Å². The molecular weight excluding hydrogens is 320 g/mol. The number of fused-ring (bicyclic) bond motifs is 1. The Morgan fingerprint density at radius 2 is 2.28 bits per heavy atom. The van der Waals surface area contributed by atoms with Crippen LogP contribution in [0.5, 0.6) is 0 Å². The molecule has 1 aromatic heterocycles. The molecule has 134 valence electrons. The Kier molecular flexibility index (Phi) is 5.65. The lowest BCUT2D eigenvalue weighted by Crippen LogP contribution is -2.43. The van der Waals surface area contributed by atoms with Gasteiger partial charge >= 0.3 is 6.03 Å². The zero-order valence-electron chi connectivity index (χ0n) is 14.4. The number of aromatic nitrogens is 2. The third-order valence-corrected chi connectivity index (χ3v) is 4.49. The number of hydrogen-bond acceptors (Lipinski definition) is 5. The fraction of sp³-hybridized carbons (Fsp3) is 0.500. The maximum absolute atomic E-state index is 12.8. The summed E-state index contributed by atoms with van der Waals surface area (Å²) in [5.41, 5.74) is 2.50. The summed E-state index contributed by atoms with van der Waals surface area (Å²) in [6, 6.07) is 8.13. The van der Waals surface area contributed by atoms with Gasteiger partial charge in [-0.15, -0.1) is 0 Å². The molecule has 25 heavy (non-hydrogen) atoms. The normalized spacial score (nSPS) is 16.3. The minimum absolute atomic E-state index is 0.0286. The Morgan fingerprint density at radius 1 is 1.44 bits per heavy atom. The van der Waals surface area contributed by atoms with Gasteiger partial charge in [0.2, 0.25) is 5.89 Å². The Bertz CT molecular complexity index is 716. The lowest BCUT2D eigenvalue weighted by atomic mass is 9.87. The van der Waals surface area contributed by atoms with Gasteiger partial charge in [-0.1, -0.05) is 29.4 Å². The largest absolute Gasteiger partial charge is 0.396 e. The minimum Gasteiger partial charge on any atom is -0.396 e. The number of rotatable bonds is 6. The van der Waals surface area contributed by atoms with Crippen molar-refractivity contribution >= 4 is 6.03 Å². The first-order valence-electron chi connectivity index (χ1n) is 8.71. The first-order chi connectivity index (χ1) is 12.2. The summed E-state index contributed by atoms with van der Waals surface area (Å²) in [6.45, 7) is 2.50. The molecule has 7 nitrogen and oxygen atoms in total. The summed E-state index contributed by atoms with van der Waals surface area (Å²) in [7, 11) is 0. The van der Waals surface area contributed by atoms with Gasteiger partial charge < -0.3 is 19.8 Å². The number of hydrogen-bond donors (Lipinski definition) is 2. The number of nitrogens with one attached hydrogen (secondary N) is 1. The Hall–Kier alpha value is -2.41. The van der Waals surface area contributed by atoms with E-state index in [1.165, 1.54) is 11.1 Å². The molecular formula is C18H24N4O3. The number of aryl methyl sites for hydroxylation is 2. The molecule has 1 aliphatic carbocycles. The second kappa shape index (κ2) is 8.11. The maximum Gasteiger partial charge on any atom is 0.318 e. The molecule has 0 bridgehead atoms. The predicted molar refractivity (Wildman–Crippen MR) is 91.8 cm³/mol. The second-order valence-electron chi connectivity index (χ2n) is 6.27. The molecule has 1 aliphatic rings. The van der Waals surface area contributed by atoms with Crippen molar-refractivity contribution in [1.82, 2.24) is 20.4 Å². The number of carbonyl (C=O) groups excluding carboxylic acids is 1. The van der Waals surface area contributed by atoms with E-state index in [1.54, 1.807) is 6.92 Å². The molecule has 3 rings (SSSR count). The zero-order valence-corrected chi connectivity index (χ0v) is 14.4. The van der Waals surface area contributed by atoms with Crippen LogP contribution in [0.15, 0.2) is 28.8 Å². The van der Waals surface area contributed by atoms with Crippen LogP contribution in [0.4, 0.5) is 4.79 Å². The summed E-state index contributed by atoms with van der Waals surface area (Å²) in [5, 5.41) is 15.8.